The van der Waals surface area contributed by atoms with E-state index in [4.69, 9.17) is 9.47 Å². The summed E-state index contributed by atoms with van der Waals surface area (Å²) in [6.07, 6.45) is 18.8. The van der Waals surface area contributed by atoms with Gasteiger partial charge in [0.25, 0.3) is 0 Å². The van der Waals surface area contributed by atoms with Crippen LogP contribution in [0.15, 0.2) is 42.2 Å². The second-order valence-electron chi connectivity index (χ2n) is 15.3. The van der Waals surface area contributed by atoms with E-state index in [9.17, 15) is 19.8 Å². The number of aromatic nitrogens is 3. The number of ether oxygens (including phenoxy) is 2. The van der Waals surface area contributed by atoms with Crippen molar-refractivity contribution in [3.8, 4) is 0 Å². The lowest BCUT2D eigenvalue weighted by molar-refractivity contribution is -0.151. The van der Waals surface area contributed by atoms with Gasteiger partial charge in [-0.15, -0.1) is 5.10 Å². The van der Waals surface area contributed by atoms with Crippen LogP contribution in [0.2, 0.25) is 0 Å². The van der Waals surface area contributed by atoms with Crippen LogP contribution in [0, 0.1) is 11.8 Å². The SMILES string of the molecule is C/C(=C\C=C\[C@@H](C)Cn1cc(C2CC2)nn1)[C@H]1OC(=O)C[C@H](O)CC[C@@](C)(O)[C@@H](OC(=O)N2CCN(C3CCCCCC3)CC2)/C=C\[C@@H]1C. The Hall–Kier alpha value is -3.02. The quantitative estimate of drug-likeness (QED) is 0.157. The van der Waals surface area contributed by atoms with Gasteiger partial charge in [-0.1, -0.05) is 69.0 Å². The van der Waals surface area contributed by atoms with Gasteiger partial charge in [-0.05, 0) is 69.9 Å². The van der Waals surface area contributed by atoms with Gasteiger partial charge in [0, 0.05) is 56.8 Å². The summed E-state index contributed by atoms with van der Waals surface area (Å²) >= 11 is 0. The molecule has 0 aromatic carbocycles. The first-order valence-corrected chi connectivity index (χ1v) is 18.7. The standard InChI is InChI=1S/C38H59N5O6/c1-27(25-43-26-33(39-40-43)30-15-16-30)10-9-11-28(2)36-29(3)14-17-34(38(4,47)19-18-32(44)24-35(45)49-36)48-37(46)42-22-20-41(21-23-42)31-12-7-5-6-8-13-31/h9-11,14,17,26-27,29-32,34,36,44,47H,5-8,12-13,15-16,18-25H2,1-4H3/b10-9+,17-14-,28-11+/t27-,29+,32-,34+,36-,38-/m1/s1. The average molecular weight is 682 g/mol. The number of rotatable bonds is 8. The van der Waals surface area contributed by atoms with Gasteiger partial charge in [-0.3, -0.25) is 14.4 Å². The van der Waals surface area contributed by atoms with Crippen LogP contribution in [0.4, 0.5) is 4.79 Å². The number of esters is 1. The van der Waals surface area contributed by atoms with Gasteiger partial charge < -0.3 is 24.6 Å². The maximum absolute atomic E-state index is 13.4. The minimum atomic E-state index is -1.44. The minimum absolute atomic E-state index is 0.148. The fraction of sp³-hybridized carbons (Fsp3) is 0.737. The van der Waals surface area contributed by atoms with Crippen molar-refractivity contribution in [1.29, 1.82) is 0 Å². The predicted molar refractivity (Wildman–Crippen MR) is 188 cm³/mol. The number of aliphatic hydroxyl groups is 2. The summed E-state index contributed by atoms with van der Waals surface area (Å²) in [5.41, 5.74) is 0.468. The van der Waals surface area contributed by atoms with Crippen molar-refractivity contribution in [2.75, 3.05) is 26.2 Å². The van der Waals surface area contributed by atoms with Gasteiger partial charge in [0.2, 0.25) is 0 Å². The molecule has 0 unspecified atom stereocenters. The van der Waals surface area contributed by atoms with Gasteiger partial charge in [-0.25, -0.2) is 4.79 Å². The van der Waals surface area contributed by atoms with Crippen LogP contribution in [-0.4, -0.2) is 103 Å². The summed E-state index contributed by atoms with van der Waals surface area (Å²) in [5.74, 6) is -0.00650. The van der Waals surface area contributed by atoms with Crippen molar-refractivity contribution in [3.63, 3.8) is 0 Å². The highest BCUT2D eigenvalue weighted by Gasteiger charge is 2.37. The molecule has 49 heavy (non-hydrogen) atoms. The Morgan fingerprint density at radius 2 is 1.82 bits per heavy atom. The molecule has 2 N–H and O–H groups in total. The van der Waals surface area contributed by atoms with Crippen LogP contribution in [-0.2, 0) is 20.8 Å². The molecule has 11 nitrogen and oxygen atoms in total. The molecule has 4 aliphatic rings. The minimum Gasteiger partial charge on any atom is -0.457 e. The number of carbonyl (C=O) groups is 2. The lowest BCUT2D eigenvalue weighted by Crippen LogP contribution is -2.53. The molecular formula is C38H59N5O6. The van der Waals surface area contributed by atoms with E-state index in [1.165, 1.54) is 51.4 Å². The predicted octanol–water partition coefficient (Wildman–Crippen LogP) is 5.54. The molecule has 11 heteroatoms. The number of cyclic esters (lactones) is 1. The summed E-state index contributed by atoms with van der Waals surface area (Å²) in [5, 5.41) is 30.8. The van der Waals surface area contributed by atoms with E-state index in [-0.39, 0.29) is 31.1 Å². The lowest BCUT2D eigenvalue weighted by atomic mass is 9.89. The third-order valence-corrected chi connectivity index (χ3v) is 10.7. The van der Waals surface area contributed by atoms with E-state index in [1.807, 2.05) is 43.0 Å². The number of piperazine rings is 1. The highest BCUT2D eigenvalue weighted by atomic mass is 16.6. The maximum Gasteiger partial charge on any atom is 0.410 e. The fourth-order valence-electron chi connectivity index (χ4n) is 7.34. The van der Waals surface area contributed by atoms with Gasteiger partial charge in [-0.2, -0.15) is 0 Å². The zero-order chi connectivity index (χ0) is 35.0. The molecule has 3 fully saturated rings. The Bertz CT molecular complexity index is 1320. The number of carbonyl (C=O) groups excluding carboxylic acids is 2. The second-order valence-corrected chi connectivity index (χ2v) is 15.3. The first-order chi connectivity index (χ1) is 23.5. The highest BCUT2D eigenvalue weighted by molar-refractivity contribution is 5.70. The number of nitrogens with zero attached hydrogens (tertiary/aromatic N) is 5. The van der Waals surface area contributed by atoms with Crippen molar-refractivity contribution in [2.24, 2.45) is 11.8 Å². The van der Waals surface area contributed by atoms with Crippen molar-refractivity contribution in [3.05, 3.63) is 47.8 Å². The zero-order valence-corrected chi connectivity index (χ0v) is 30.1. The van der Waals surface area contributed by atoms with Crippen LogP contribution < -0.4 is 0 Å². The van der Waals surface area contributed by atoms with E-state index in [0.29, 0.717) is 25.0 Å². The summed E-state index contributed by atoms with van der Waals surface area (Å²) in [6, 6.07) is 0.599. The van der Waals surface area contributed by atoms with Crippen molar-refractivity contribution < 1.29 is 29.3 Å². The van der Waals surface area contributed by atoms with Crippen LogP contribution in [0.5, 0.6) is 0 Å². The average Bonchev–Trinajstić information content (AvgIpc) is 3.87. The molecule has 2 aliphatic heterocycles. The smallest absolute Gasteiger partial charge is 0.410 e. The second kappa shape index (κ2) is 17.3. The molecule has 2 aliphatic carbocycles. The number of hydrogen-bond donors (Lipinski definition) is 2. The topological polar surface area (TPSA) is 130 Å². The molecule has 0 radical (unpaired) electrons. The van der Waals surface area contributed by atoms with E-state index in [0.717, 1.165) is 30.9 Å². The van der Waals surface area contributed by atoms with Gasteiger partial charge in [0.15, 0.2) is 6.10 Å². The normalized spacial score (nSPS) is 31.8. The largest absolute Gasteiger partial charge is 0.457 e. The molecule has 3 heterocycles. The fourth-order valence-corrected chi connectivity index (χ4v) is 7.34. The van der Waals surface area contributed by atoms with Gasteiger partial charge in [0.05, 0.1) is 18.2 Å². The molecule has 2 saturated carbocycles. The number of amides is 1. The molecule has 6 atom stereocenters. The molecule has 5 rings (SSSR count). The van der Waals surface area contributed by atoms with E-state index < -0.39 is 36.0 Å². The summed E-state index contributed by atoms with van der Waals surface area (Å²) in [6.45, 7) is 11.2. The summed E-state index contributed by atoms with van der Waals surface area (Å²) in [7, 11) is 0. The molecule has 0 spiro atoms. The number of hydrogen-bond acceptors (Lipinski definition) is 9. The Balaban J connectivity index is 1.23. The Morgan fingerprint density at radius 3 is 2.51 bits per heavy atom. The molecule has 1 amide bonds. The first-order valence-electron chi connectivity index (χ1n) is 18.7. The van der Waals surface area contributed by atoms with Gasteiger partial charge in [0.1, 0.15) is 11.7 Å². The third-order valence-electron chi connectivity index (χ3n) is 10.7. The maximum atomic E-state index is 13.4. The molecule has 0 bridgehead atoms. The van der Waals surface area contributed by atoms with Crippen LogP contribution in [0.1, 0.15) is 110 Å². The van der Waals surface area contributed by atoms with E-state index in [1.54, 1.807) is 17.9 Å². The molecular weight excluding hydrogens is 622 g/mol. The lowest BCUT2D eigenvalue weighted by Gasteiger charge is -2.40. The zero-order valence-electron chi connectivity index (χ0n) is 30.1. The molecule has 272 valence electrons. The van der Waals surface area contributed by atoms with E-state index in [2.05, 4.69) is 28.2 Å². The van der Waals surface area contributed by atoms with Crippen molar-refractivity contribution in [1.82, 2.24) is 24.8 Å². The Kier molecular flexibility index (Phi) is 13.1. The third kappa shape index (κ3) is 11.0. The van der Waals surface area contributed by atoms with Crippen LogP contribution >= 0.6 is 0 Å². The Morgan fingerprint density at radius 1 is 1.10 bits per heavy atom. The number of allylic oxidation sites excluding steroid dienone is 3. The Labute approximate surface area is 292 Å². The van der Waals surface area contributed by atoms with Gasteiger partial charge >= 0.3 is 12.1 Å². The monoisotopic (exact) mass is 681 g/mol. The highest BCUT2D eigenvalue weighted by Crippen LogP contribution is 2.38. The first kappa shape index (κ1) is 37.2. The van der Waals surface area contributed by atoms with E-state index >= 15 is 0 Å². The van der Waals surface area contributed by atoms with Crippen molar-refractivity contribution >= 4 is 12.1 Å². The summed E-state index contributed by atoms with van der Waals surface area (Å²) in [4.78, 5) is 30.6. The summed E-state index contributed by atoms with van der Waals surface area (Å²) < 4.78 is 13.8. The molecule has 1 saturated heterocycles. The van der Waals surface area contributed by atoms with Crippen LogP contribution in [0.3, 0.4) is 0 Å². The number of aliphatic hydroxyl groups excluding tert-OH is 1. The molecule has 1 aromatic rings. The molecule has 1 aromatic heterocycles. The van der Waals surface area contributed by atoms with Crippen molar-refractivity contribution in [2.45, 2.75) is 141 Å². The van der Waals surface area contributed by atoms with Crippen LogP contribution in [0.25, 0.3) is 0 Å².